The molecule has 0 amide bonds. The van der Waals surface area contributed by atoms with E-state index < -0.39 is 5.97 Å². The van der Waals surface area contributed by atoms with Crippen LogP contribution in [0.1, 0.15) is 41.0 Å². The number of esters is 1. The number of carbonyl (C=O) groups is 1. The molecule has 0 fully saturated rings. The first-order valence-electron chi connectivity index (χ1n) is 8.89. The lowest BCUT2D eigenvalue weighted by Gasteiger charge is -2.17. The highest BCUT2D eigenvalue weighted by Crippen LogP contribution is 2.23. The molecular weight excluding hydrogens is 340 g/mol. The van der Waals surface area contributed by atoms with Crippen LogP contribution in [-0.2, 0) is 20.9 Å². The summed E-state index contributed by atoms with van der Waals surface area (Å²) in [5, 5.41) is 9.41. The third-order valence-electron chi connectivity index (χ3n) is 4.50. The minimum atomic E-state index is -0.618. The van der Waals surface area contributed by atoms with Crippen LogP contribution in [0.15, 0.2) is 35.9 Å². The second-order valence-electron chi connectivity index (χ2n) is 6.73. The molecule has 0 radical (unpaired) electrons. The molecule has 142 valence electrons. The first-order valence-corrected chi connectivity index (χ1v) is 8.89. The van der Waals surface area contributed by atoms with Gasteiger partial charge in [-0.25, -0.2) is 4.79 Å². The highest BCUT2D eigenvalue weighted by atomic mass is 16.5. The van der Waals surface area contributed by atoms with Crippen molar-refractivity contribution in [2.75, 3.05) is 13.7 Å². The summed E-state index contributed by atoms with van der Waals surface area (Å²) in [5.41, 5.74) is 4.88. The molecule has 0 N–H and O–H groups in total. The van der Waals surface area contributed by atoms with Gasteiger partial charge in [0.25, 0.3) is 0 Å². The Kier molecular flexibility index (Phi) is 6.98. The van der Waals surface area contributed by atoms with Crippen LogP contribution in [0.2, 0.25) is 0 Å². The van der Waals surface area contributed by atoms with Crippen molar-refractivity contribution in [2.24, 2.45) is 0 Å². The lowest BCUT2D eigenvalue weighted by Crippen LogP contribution is -2.13. The van der Waals surface area contributed by atoms with Crippen LogP contribution in [0.25, 0.3) is 6.08 Å². The average Bonchev–Trinajstić information content (AvgIpc) is 2.92. The number of aromatic nitrogens is 1. The molecule has 1 atom stereocenters. The summed E-state index contributed by atoms with van der Waals surface area (Å²) in [7, 11) is 1.67. The summed E-state index contributed by atoms with van der Waals surface area (Å²) in [6.45, 7) is 8.76. The molecule has 2 rings (SSSR count). The smallest absolute Gasteiger partial charge is 0.349 e. The van der Waals surface area contributed by atoms with E-state index in [1.807, 2.05) is 57.2 Å². The number of rotatable bonds is 7. The monoisotopic (exact) mass is 366 g/mol. The van der Waals surface area contributed by atoms with E-state index in [0.29, 0.717) is 6.61 Å². The van der Waals surface area contributed by atoms with Gasteiger partial charge in [-0.3, -0.25) is 0 Å². The Morgan fingerprint density at radius 1 is 1.26 bits per heavy atom. The van der Waals surface area contributed by atoms with E-state index >= 15 is 0 Å². The molecule has 0 unspecified atom stereocenters. The van der Waals surface area contributed by atoms with Crippen LogP contribution in [0, 0.1) is 32.1 Å². The normalized spacial score (nSPS) is 12.5. The van der Waals surface area contributed by atoms with Gasteiger partial charge >= 0.3 is 5.97 Å². The zero-order chi connectivity index (χ0) is 20.0. The van der Waals surface area contributed by atoms with Crippen LogP contribution in [0.4, 0.5) is 0 Å². The second kappa shape index (κ2) is 9.20. The van der Waals surface area contributed by atoms with Crippen molar-refractivity contribution in [3.05, 3.63) is 64.0 Å². The second-order valence-corrected chi connectivity index (χ2v) is 6.73. The van der Waals surface area contributed by atoms with E-state index in [2.05, 4.69) is 11.5 Å². The van der Waals surface area contributed by atoms with E-state index in [1.165, 1.54) is 0 Å². The van der Waals surface area contributed by atoms with Gasteiger partial charge < -0.3 is 14.0 Å². The minimum absolute atomic E-state index is 0.0123. The third-order valence-corrected chi connectivity index (χ3v) is 4.50. The summed E-state index contributed by atoms with van der Waals surface area (Å²) < 4.78 is 12.7. The van der Waals surface area contributed by atoms with Gasteiger partial charge in [0.15, 0.2) is 0 Å². The zero-order valence-electron chi connectivity index (χ0n) is 16.6. The van der Waals surface area contributed by atoms with E-state index in [-0.39, 0.29) is 18.2 Å². The highest BCUT2D eigenvalue weighted by molar-refractivity contribution is 5.98. The third kappa shape index (κ3) is 5.08. The number of benzene rings is 1. The van der Waals surface area contributed by atoms with Gasteiger partial charge in [-0.1, -0.05) is 29.8 Å². The number of nitrogens with zero attached hydrogens (tertiary/aromatic N) is 2. The number of ether oxygens (including phenoxy) is 2. The van der Waals surface area contributed by atoms with Gasteiger partial charge in [0.05, 0.1) is 12.6 Å². The lowest BCUT2D eigenvalue weighted by molar-refractivity contribution is -0.139. The number of methoxy groups -OCH3 is 1. The van der Waals surface area contributed by atoms with Crippen LogP contribution in [-0.4, -0.2) is 24.3 Å². The Balaban J connectivity index is 2.17. The average molecular weight is 366 g/mol. The van der Waals surface area contributed by atoms with E-state index in [9.17, 15) is 10.1 Å². The molecule has 2 aromatic rings. The van der Waals surface area contributed by atoms with Crippen molar-refractivity contribution in [1.82, 2.24) is 4.57 Å². The maximum absolute atomic E-state index is 12.3. The molecule has 0 aliphatic heterocycles. The summed E-state index contributed by atoms with van der Waals surface area (Å²) in [5.74, 6) is -0.618. The van der Waals surface area contributed by atoms with Crippen molar-refractivity contribution in [1.29, 1.82) is 5.26 Å². The maximum Gasteiger partial charge on any atom is 0.349 e. The first kappa shape index (κ1) is 20.5. The van der Waals surface area contributed by atoms with E-state index in [0.717, 1.165) is 28.1 Å². The summed E-state index contributed by atoms with van der Waals surface area (Å²) in [4.78, 5) is 12.3. The molecular formula is C22H26N2O3. The Bertz CT molecular complexity index is 870. The molecule has 0 aliphatic rings. The Hall–Kier alpha value is -2.84. The lowest BCUT2D eigenvalue weighted by atomic mass is 10.1. The van der Waals surface area contributed by atoms with Crippen molar-refractivity contribution >= 4 is 12.0 Å². The molecule has 5 heteroatoms. The number of hydrogen-bond donors (Lipinski definition) is 0. The number of carbonyl (C=O) groups excluding carboxylic acids is 1. The fraction of sp³-hybridized carbons (Fsp3) is 0.364. The van der Waals surface area contributed by atoms with Gasteiger partial charge in [-0.05, 0) is 51.0 Å². The van der Waals surface area contributed by atoms with Gasteiger partial charge in [-0.15, -0.1) is 0 Å². The van der Waals surface area contributed by atoms with Crippen molar-refractivity contribution in [3.63, 3.8) is 0 Å². The van der Waals surface area contributed by atoms with Crippen LogP contribution < -0.4 is 0 Å². The van der Waals surface area contributed by atoms with Crippen LogP contribution in [0.3, 0.4) is 0 Å². The summed E-state index contributed by atoms with van der Waals surface area (Å²) in [6, 6.07) is 11.8. The molecule has 0 saturated carbocycles. The SMILES string of the molecule is COC[C@H](C)n1c(C)cc(/C=C(\C#N)C(=O)OCc2ccc(C)cc2)c1C. The van der Waals surface area contributed by atoms with Gasteiger partial charge in [0, 0.05) is 18.5 Å². The largest absolute Gasteiger partial charge is 0.457 e. The summed E-state index contributed by atoms with van der Waals surface area (Å²) >= 11 is 0. The molecule has 1 aromatic carbocycles. The quantitative estimate of drug-likeness (QED) is 0.417. The van der Waals surface area contributed by atoms with Gasteiger partial charge in [0.1, 0.15) is 18.2 Å². The van der Waals surface area contributed by atoms with Crippen molar-refractivity contribution < 1.29 is 14.3 Å². The van der Waals surface area contributed by atoms with Crippen LogP contribution >= 0.6 is 0 Å². The fourth-order valence-corrected chi connectivity index (χ4v) is 3.15. The number of aryl methyl sites for hydroxylation is 2. The summed E-state index contributed by atoms with van der Waals surface area (Å²) in [6.07, 6.45) is 1.59. The highest BCUT2D eigenvalue weighted by Gasteiger charge is 2.16. The molecule has 1 aromatic heterocycles. The van der Waals surface area contributed by atoms with E-state index in [4.69, 9.17) is 9.47 Å². The predicted octanol–water partition coefficient (Wildman–Crippen LogP) is 4.27. The van der Waals surface area contributed by atoms with Crippen molar-refractivity contribution in [2.45, 2.75) is 40.3 Å². The number of nitriles is 1. The van der Waals surface area contributed by atoms with Gasteiger partial charge in [0.2, 0.25) is 0 Å². The Morgan fingerprint density at radius 2 is 1.93 bits per heavy atom. The predicted molar refractivity (Wildman–Crippen MR) is 105 cm³/mol. The van der Waals surface area contributed by atoms with Crippen molar-refractivity contribution in [3.8, 4) is 6.07 Å². The molecule has 0 aliphatic carbocycles. The zero-order valence-corrected chi connectivity index (χ0v) is 16.6. The molecule has 5 nitrogen and oxygen atoms in total. The maximum atomic E-state index is 12.3. The van der Waals surface area contributed by atoms with Gasteiger partial charge in [-0.2, -0.15) is 5.26 Å². The first-order chi connectivity index (χ1) is 12.9. The molecule has 27 heavy (non-hydrogen) atoms. The number of hydrogen-bond acceptors (Lipinski definition) is 4. The van der Waals surface area contributed by atoms with E-state index in [1.54, 1.807) is 13.2 Å². The topological polar surface area (TPSA) is 64.2 Å². The molecule has 0 spiro atoms. The minimum Gasteiger partial charge on any atom is -0.457 e. The fourth-order valence-electron chi connectivity index (χ4n) is 3.15. The molecule has 1 heterocycles. The Morgan fingerprint density at radius 3 is 2.52 bits per heavy atom. The Labute approximate surface area is 160 Å². The molecule has 0 saturated heterocycles. The van der Waals surface area contributed by atoms with Crippen LogP contribution in [0.5, 0.6) is 0 Å². The standard InChI is InChI=1S/C22H26N2O3/c1-15-6-8-19(9-7-15)14-27-22(25)21(12-23)11-20-10-16(2)24(18(20)4)17(3)13-26-5/h6-11,17H,13-14H2,1-5H3/b21-11+/t17-/m0/s1. The molecule has 0 bridgehead atoms.